The highest BCUT2D eigenvalue weighted by Gasteiger charge is 2.18. The number of rotatable bonds is 2. The molecule has 3 rings (SSSR count). The first-order valence-corrected chi connectivity index (χ1v) is 7.66. The Morgan fingerprint density at radius 1 is 0.750 bits per heavy atom. The molecule has 3 aromatic rings. The average molecular weight is 283 g/mol. The highest BCUT2D eigenvalue weighted by Crippen LogP contribution is 2.28. The summed E-state index contributed by atoms with van der Waals surface area (Å²) in [6.07, 6.45) is 0. The Balaban J connectivity index is 2.25. The fourth-order valence-electron chi connectivity index (χ4n) is 2.20. The Hall–Kier alpha value is -2.33. The summed E-state index contributed by atoms with van der Waals surface area (Å²) in [5.74, 6) is 0. The summed E-state index contributed by atoms with van der Waals surface area (Å²) in [4.78, 5) is 0.495. The minimum Gasteiger partial charge on any atom is -0.398 e. The Morgan fingerprint density at radius 2 is 1.40 bits per heavy atom. The summed E-state index contributed by atoms with van der Waals surface area (Å²) >= 11 is 0. The molecule has 0 amide bonds. The molecule has 0 saturated heterocycles. The van der Waals surface area contributed by atoms with E-state index >= 15 is 0 Å². The lowest BCUT2D eigenvalue weighted by Crippen LogP contribution is -2.03. The number of nitrogens with two attached hydrogens (primary N) is 1. The van der Waals surface area contributed by atoms with Gasteiger partial charge in [-0.2, -0.15) is 0 Å². The van der Waals surface area contributed by atoms with Crippen molar-refractivity contribution >= 4 is 26.3 Å². The van der Waals surface area contributed by atoms with E-state index in [9.17, 15) is 8.42 Å². The van der Waals surface area contributed by atoms with Gasteiger partial charge in [0.25, 0.3) is 0 Å². The van der Waals surface area contributed by atoms with Crippen molar-refractivity contribution < 1.29 is 8.42 Å². The number of fused-ring (bicyclic) bond motifs is 1. The molecule has 0 heterocycles. The number of anilines is 1. The van der Waals surface area contributed by atoms with Crippen molar-refractivity contribution in [3.63, 3.8) is 0 Å². The van der Waals surface area contributed by atoms with E-state index in [0.717, 1.165) is 10.8 Å². The molecule has 0 aliphatic rings. The third-order valence-electron chi connectivity index (χ3n) is 3.23. The van der Waals surface area contributed by atoms with Gasteiger partial charge in [0.1, 0.15) is 0 Å². The minimum atomic E-state index is -3.53. The van der Waals surface area contributed by atoms with E-state index in [1.54, 1.807) is 36.4 Å². The third-order valence-corrected chi connectivity index (χ3v) is 4.98. The molecule has 2 N–H and O–H groups in total. The Labute approximate surface area is 117 Å². The van der Waals surface area contributed by atoms with Gasteiger partial charge < -0.3 is 5.73 Å². The van der Waals surface area contributed by atoms with Crippen molar-refractivity contribution in [2.24, 2.45) is 0 Å². The average Bonchev–Trinajstić information content (AvgIpc) is 2.48. The van der Waals surface area contributed by atoms with Crippen molar-refractivity contribution in [1.29, 1.82) is 0 Å². The van der Waals surface area contributed by atoms with Gasteiger partial charge in [-0.3, -0.25) is 0 Å². The highest BCUT2D eigenvalue weighted by atomic mass is 32.2. The maximum Gasteiger partial charge on any atom is 0.206 e. The van der Waals surface area contributed by atoms with Crippen molar-refractivity contribution in [1.82, 2.24) is 0 Å². The van der Waals surface area contributed by atoms with Crippen LogP contribution < -0.4 is 5.73 Å². The van der Waals surface area contributed by atoms with Crippen molar-refractivity contribution in [3.8, 4) is 0 Å². The SMILES string of the molecule is Nc1cc(S(=O)(=O)c2ccccc2)cc2ccccc12. The van der Waals surface area contributed by atoms with Crippen LogP contribution in [0.4, 0.5) is 5.69 Å². The molecule has 3 nitrogen and oxygen atoms in total. The van der Waals surface area contributed by atoms with Crippen LogP contribution >= 0.6 is 0 Å². The number of benzene rings is 3. The monoisotopic (exact) mass is 283 g/mol. The molecule has 0 radical (unpaired) electrons. The van der Waals surface area contributed by atoms with Gasteiger partial charge >= 0.3 is 0 Å². The molecular weight excluding hydrogens is 270 g/mol. The van der Waals surface area contributed by atoms with Crippen molar-refractivity contribution in [2.45, 2.75) is 9.79 Å². The van der Waals surface area contributed by atoms with Gasteiger partial charge in [0.2, 0.25) is 9.84 Å². The van der Waals surface area contributed by atoms with Crippen LogP contribution in [0.3, 0.4) is 0 Å². The molecular formula is C16H13NO2S. The zero-order valence-electron chi connectivity index (χ0n) is 10.7. The van der Waals surface area contributed by atoms with Crippen LogP contribution in [0, 0.1) is 0 Å². The predicted octanol–water partition coefficient (Wildman–Crippen LogP) is 3.25. The fourth-order valence-corrected chi connectivity index (χ4v) is 3.55. The first-order valence-electron chi connectivity index (χ1n) is 6.17. The summed E-state index contributed by atoms with van der Waals surface area (Å²) in [7, 11) is -3.53. The van der Waals surface area contributed by atoms with Crippen LogP contribution in [0.1, 0.15) is 0 Å². The molecule has 0 aromatic heterocycles. The number of hydrogen-bond acceptors (Lipinski definition) is 3. The molecule has 0 aliphatic carbocycles. The van der Waals surface area contributed by atoms with Crippen molar-refractivity contribution in [2.75, 3.05) is 5.73 Å². The second-order valence-electron chi connectivity index (χ2n) is 4.55. The number of hydrogen-bond donors (Lipinski definition) is 1. The largest absolute Gasteiger partial charge is 0.398 e. The van der Waals surface area contributed by atoms with Crippen LogP contribution in [0.5, 0.6) is 0 Å². The predicted molar refractivity (Wildman–Crippen MR) is 80.3 cm³/mol. The fraction of sp³-hybridized carbons (Fsp3) is 0. The number of sulfone groups is 1. The lowest BCUT2D eigenvalue weighted by molar-refractivity contribution is 0.596. The molecule has 20 heavy (non-hydrogen) atoms. The zero-order chi connectivity index (χ0) is 14.2. The van der Waals surface area contributed by atoms with Gasteiger partial charge in [0, 0.05) is 11.1 Å². The second-order valence-corrected chi connectivity index (χ2v) is 6.50. The summed E-state index contributed by atoms with van der Waals surface area (Å²) in [5.41, 5.74) is 6.44. The van der Waals surface area contributed by atoms with Crippen LogP contribution in [-0.2, 0) is 9.84 Å². The maximum atomic E-state index is 12.6. The smallest absolute Gasteiger partial charge is 0.206 e. The molecule has 0 saturated carbocycles. The molecule has 0 spiro atoms. The normalized spacial score (nSPS) is 11.6. The summed E-state index contributed by atoms with van der Waals surface area (Å²) in [6.45, 7) is 0. The lowest BCUT2D eigenvalue weighted by Gasteiger charge is -2.08. The maximum absolute atomic E-state index is 12.6. The van der Waals surface area contributed by atoms with E-state index in [4.69, 9.17) is 5.73 Å². The van der Waals surface area contributed by atoms with Gasteiger partial charge in [-0.25, -0.2) is 8.42 Å². The number of nitrogen functional groups attached to an aromatic ring is 1. The molecule has 4 heteroatoms. The molecule has 0 unspecified atom stereocenters. The van der Waals surface area contributed by atoms with Gasteiger partial charge in [0.15, 0.2) is 0 Å². The van der Waals surface area contributed by atoms with E-state index in [1.807, 2.05) is 24.3 Å². The first-order chi connectivity index (χ1) is 9.59. The quantitative estimate of drug-likeness (QED) is 0.734. The Kier molecular flexibility index (Phi) is 2.95. The minimum absolute atomic E-state index is 0.222. The van der Waals surface area contributed by atoms with Crippen LogP contribution in [-0.4, -0.2) is 8.42 Å². The summed E-state index contributed by atoms with van der Waals surface area (Å²) < 4.78 is 25.1. The Bertz CT molecular complexity index is 871. The van der Waals surface area contributed by atoms with Gasteiger partial charge in [0.05, 0.1) is 9.79 Å². The summed E-state index contributed by atoms with van der Waals surface area (Å²) in [5, 5.41) is 1.68. The van der Waals surface area contributed by atoms with Crippen molar-refractivity contribution in [3.05, 3.63) is 66.7 Å². The highest BCUT2D eigenvalue weighted by molar-refractivity contribution is 7.91. The van der Waals surface area contributed by atoms with Gasteiger partial charge in [-0.05, 0) is 29.7 Å². The topological polar surface area (TPSA) is 60.2 Å². The lowest BCUT2D eigenvalue weighted by atomic mass is 10.1. The van der Waals surface area contributed by atoms with E-state index < -0.39 is 9.84 Å². The van der Waals surface area contributed by atoms with E-state index in [-0.39, 0.29) is 9.79 Å². The zero-order valence-corrected chi connectivity index (χ0v) is 11.5. The van der Waals surface area contributed by atoms with E-state index in [1.165, 1.54) is 6.07 Å². The van der Waals surface area contributed by atoms with Crippen LogP contribution in [0.2, 0.25) is 0 Å². The van der Waals surface area contributed by atoms with Gasteiger partial charge in [-0.15, -0.1) is 0 Å². The standard InChI is InChI=1S/C16H13NO2S/c17-16-11-14(10-12-6-4-5-9-15(12)16)20(18,19)13-7-2-1-3-8-13/h1-11H,17H2. The molecule has 3 aromatic carbocycles. The second kappa shape index (κ2) is 4.65. The molecule has 0 bridgehead atoms. The Morgan fingerprint density at radius 3 is 2.15 bits per heavy atom. The van der Waals surface area contributed by atoms with Crippen LogP contribution in [0.15, 0.2) is 76.5 Å². The van der Waals surface area contributed by atoms with Gasteiger partial charge in [-0.1, -0.05) is 42.5 Å². The molecule has 100 valence electrons. The third kappa shape index (κ3) is 2.04. The first kappa shape index (κ1) is 12.7. The molecule has 0 aliphatic heterocycles. The van der Waals surface area contributed by atoms with E-state index in [2.05, 4.69) is 0 Å². The molecule has 0 fully saturated rings. The van der Waals surface area contributed by atoms with E-state index in [0.29, 0.717) is 5.69 Å². The van der Waals surface area contributed by atoms with Crippen LogP contribution in [0.25, 0.3) is 10.8 Å². The summed E-state index contributed by atoms with van der Waals surface area (Å²) in [6, 6.07) is 19.0. The molecule has 0 atom stereocenters.